The summed E-state index contributed by atoms with van der Waals surface area (Å²) in [4.78, 5) is 11.4. The van der Waals surface area contributed by atoms with Crippen molar-refractivity contribution in [3.8, 4) is 5.75 Å². The van der Waals surface area contributed by atoms with Crippen LogP contribution < -0.4 is 10.4 Å². The van der Waals surface area contributed by atoms with Crippen molar-refractivity contribution < 1.29 is 18.7 Å². The molecule has 0 spiro atoms. The summed E-state index contributed by atoms with van der Waals surface area (Å²) in [6.07, 6.45) is 0. The van der Waals surface area contributed by atoms with Gasteiger partial charge in [-0.3, -0.25) is 0 Å². The van der Waals surface area contributed by atoms with E-state index >= 15 is 0 Å². The molecule has 0 atom stereocenters. The van der Waals surface area contributed by atoms with E-state index in [4.69, 9.17) is 13.6 Å². The molecule has 0 unspecified atom stereocenters. The number of furan rings is 1. The lowest BCUT2D eigenvalue weighted by atomic mass is 10.1. The van der Waals surface area contributed by atoms with Crippen LogP contribution in [0.5, 0.6) is 5.75 Å². The molecule has 0 aliphatic rings. The van der Waals surface area contributed by atoms with E-state index < -0.39 is 11.2 Å². The fraction of sp³-hybridized carbons (Fsp3) is 0.267. The second-order valence-electron chi connectivity index (χ2n) is 5.17. The van der Waals surface area contributed by atoms with Gasteiger partial charge in [0.2, 0.25) is 5.75 Å². The number of fused-ring (bicyclic) bond motifs is 2. The van der Waals surface area contributed by atoms with Crippen LogP contribution in [0.1, 0.15) is 19.6 Å². The van der Waals surface area contributed by atoms with Gasteiger partial charge in [-0.15, -0.1) is 0 Å². The lowest BCUT2D eigenvalue weighted by Crippen LogP contribution is -2.13. The third kappa shape index (κ3) is 1.87. The maximum atomic E-state index is 11.4. The van der Waals surface area contributed by atoms with Crippen molar-refractivity contribution in [2.75, 3.05) is 7.11 Å². The van der Waals surface area contributed by atoms with Crippen molar-refractivity contribution in [1.29, 1.82) is 0 Å². The van der Waals surface area contributed by atoms with Crippen molar-refractivity contribution in [3.63, 3.8) is 0 Å². The van der Waals surface area contributed by atoms with Gasteiger partial charge in [0.25, 0.3) is 0 Å². The first-order valence-electron chi connectivity index (χ1n) is 6.17. The molecule has 0 saturated heterocycles. The molecule has 0 bridgehead atoms. The van der Waals surface area contributed by atoms with Crippen molar-refractivity contribution in [2.24, 2.45) is 0 Å². The Morgan fingerprint density at radius 2 is 1.80 bits per heavy atom. The molecular weight excluding hydrogens is 260 g/mol. The molecule has 1 aromatic carbocycles. The van der Waals surface area contributed by atoms with Crippen LogP contribution in [0, 0.1) is 0 Å². The number of rotatable bonds is 2. The molecule has 0 radical (unpaired) electrons. The van der Waals surface area contributed by atoms with Crippen LogP contribution in [0.15, 0.2) is 37.9 Å². The topological polar surface area (TPSA) is 72.8 Å². The largest absolute Gasteiger partial charge is 0.490 e. The van der Waals surface area contributed by atoms with Crippen LogP contribution in [0.2, 0.25) is 0 Å². The molecule has 2 heterocycles. The van der Waals surface area contributed by atoms with Crippen LogP contribution in [0.4, 0.5) is 0 Å². The minimum atomic E-state index is -1.10. The maximum Gasteiger partial charge on any atom is 0.336 e. The molecule has 0 aliphatic heterocycles. The van der Waals surface area contributed by atoms with E-state index in [-0.39, 0.29) is 0 Å². The molecule has 104 valence electrons. The Labute approximate surface area is 114 Å². The zero-order valence-corrected chi connectivity index (χ0v) is 11.4. The van der Waals surface area contributed by atoms with Crippen LogP contribution in [-0.2, 0) is 5.60 Å². The van der Waals surface area contributed by atoms with E-state index in [1.54, 1.807) is 26.0 Å². The van der Waals surface area contributed by atoms with Crippen LogP contribution >= 0.6 is 0 Å². The van der Waals surface area contributed by atoms with Gasteiger partial charge in [-0.25, -0.2) is 4.79 Å². The molecule has 1 N–H and O–H groups in total. The Bertz CT molecular complexity index is 848. The molecule has 3 rings (SSSR count). The minimum Gasteiger partial charge on any atom is -0.490 e. The highest BCUT2D eigenvalue weighted by Gasteiger charge is 2.24. The Balaban J connectivity index is 2.44. The second-order valence-corrected chi connectivity index (χ2v) is 5.17. The second kappa shape index (κ2) is 4.11. The van der Waals surface area contributed by atoms with E-state index in [1.807, 2.05) is 6.07 Å². The van der Waals surface area contributed by atoms with Crippen molar-refractivity contribution in [2.45, 2.75) is 19.4 Å². The predicted octanol–water partition coefficient (Wildman–Crippen LogP) is 2.78. The van der Waals surface area contributed by atoms with Gasteiger partial charge in [0.15, 0.2) is 11.2 Å². The standard InChI is InChI=1S/C15H14O5/c1-15(2,17)10-7-9-6-8-4-5-11(16)20-12(8)14(18-3)13(9)19-10/h4-7,17H,1-3H3. The lowest BCUT2D eigenvalue weighted by Gasteiger charge is -2.12. The maximum absolute atomic E-state index is 11.4. The summed E-state index contributed by atoms with van der Waals surface area (Å²) in [6, 6.07) is 6.60. The van der Waals surface area contributed by atoms with Crippen LogP contribution in [0.3, 0.4) is 0 Å². The Hall–Kier alpha value is -2.27. The first-order valence-corrected chi connectivity index (χ1v) is 6.17. The Morgan fingerprint density at radius 1 is 1.10 bits per heavy atom. The highest BCUT2D eigenvalue weighted by molar-refractivity contribution is 6.00. The molecule has 5 nitrogen and oxygen atoms in total. The quantitative estimate of drug-likeness (QED) is 0.727. The van der Waals surface area contributed by atoms with E-state index in [2.05, 4.69) is 0 Å². The average Bonchev–Trinajstić information content (AvgIpc) is 2.79. The first-order chi connectivity index (χ1) is 9.40. The fourth-order valence-corrected chi connectivity index (χ4v) is 2.17. The first kappa shape index (κ1) is 12.7. The summed E-state index contributed by atoms with van der Waals surface area (Å²) in [7, 11) is 1.48. The molecule has 5 heteroatoms. The SMILES string of the molecule is COc1c2oc(C(C)(C)O)cc2cc2ccc(=O)oc12. The van der Waals surface area contributed by atoms with Crippen molar-refractivity contribution >= 4 is 21.9 Å². The summed E-state index contributed by atoms with van der Waals surface area (Å²) < 4.78 is 16.2. The monoisotopic (exact) mass is 274 g/mol. The summed E-state index contributed by atoms with van der Waals surface area (Å²) >= 11 is 0. The van der Waals surface area contributed by atoms with E-state index in [9.17, 15) is 9.90 Å². The van der Waals surface area contributed by atoms with Gasteiger partial charge >= 0.3 is 5.63 Å². The van der Waals surface area contributed by atoms with Crippen LogP contribution in [-0.4, -0.2) is 12.2 Å². The highest BCUT2D eigenvalue weighted by atomic mass is 16.5. The molecule has 0 amide bonds. The van der Waals surface area contributed by atoms with E-state index in [0.29, 0.717) is 22.7 Å². The van der Waals surface area contributed by atoms with Crippen molar-refractivity contribution in [3.05, 3.63) is 40.4 Å². The normalized spacial score (nSPS) is 12.2. The summed E-state index contributed by atoms with van der Waals surface area (Å²) in [6.45, 7) is 3.27. The minimum absolute atomic E-state index is 0.337. The number of benzene rings is 1. The number of hydrogen-bond acceptors (Lipinski definition) is 5. The molecular formula is C15H14O5. The van der Waals surface area contributed by atoms with Gasteiger partial charge in [-0.1, -0.05) is 0 Å². The van der Waals surface area contributed by atoms with Gasteiger partial charge in [0.05, 0.1) is 7.11 Å². The van der Waals surface area contributed by atoms with Gasteiger partial charge in [0.1, 0.15) is 11.4 Å². The number of aliphatic hydroxyl groups is 1. The summed E-state index contributed by atoms with van der Waals surface area (Å²) in [5, 5.41) is 11.5. The molecule has 20 heavy (non-hydrogen) atoms. The fourth-order valence-electron chi connectivity index (χ4n) is 2.17. The zero-order valence-electron chi connectivity index (χ0n) is 11.4. The van der Waals surface area contributed by atoms with E-state index in [1.165, 1.54) is 13.2 Å². The lowest BCUT2D eigenvalue weighted by molar-refractivity contribution is 0.0558. The molecule has 3 aromatic rings. The van der Waals surface area contributed by atoms with Gasteiger partial charge in [-0.2, -0.15) is 0 Å². The molecule has 2 aromatic heterocycles. The average molecular weight is 274 g/mol. The molecule has 0 aliphatic carbocycles. The van der Waals surface area contributed by atoms with Gasteiger partial charge < -0.3 is 18.7 Å². The third-order valence-electron chi connectivity index (χ3n) is 3.16. The summed E-state index contributed by atoms with van der Waals surface area (Å²) in [5.74, 6) is 0.772. The van der Waals surface area contributed by atoms with Gasteiger partial charge in [0, 0.05) is 16.8 Å². The van der Waals surface area contributed by atoms with Crippen molar-refractivity contribution in [1.82, 2.24) is 0 Å². The highest BCUT2D eigenvalue weighted by Crippen LogP contribution is 2.38. The number of ether oxygens (including phenoxy) is 1. The smallest absolute Gasteiger partial charge is 0.336 e. The molecule has 0 fully saturated rings. The summed E-state index contributed by atoms with van der Waals surface area (Å²) in [5.41, 5.74) is -0.767. The third-order valence-corrected chi connectivity index (χ3v) is 3.16. The number of hydrogen-bond donors (Lipinski definition) is 1. The predicted molar refractivity (Wildman–Crippen MR) is 74.1 cm³/mol. The number of methoxy groups -OCH3 is 1. The van der Waals surface area contributed by atoms with E-state index in [0.717, 1.165) is 10.8 Å². The Kier molecular flexibility index (Phi) is 2.62. The Morgan fingerprint density at radius 3 is 2.45 bits per heavy atom. The van der Waals surface area contributed by atoms with Gasteiger partial charge in [-0.05, 0) is 32.0 Å². The van der Waals surface area contributed by atoms with Crippen LogP contribution in [0.25, 0.3) is 21.9 Å². The molecule has 0 saturated carbocycles. The zero-order chi connectivity index (χ0) is 14.5.